The zero-order valence-corrected chi connectivity index (χ0v) is 12.5. The molecule has 3 aromatic rings. The lowest BCUT2D eigenvalue weighted by atomic mass is 10.2. The number of pyridine rings is 1. The van der Waals surface area contributed by atoms with Gasteiger partial charge in [-0.25, -0.2) is 4.98 Å². The number of H-pyrrole nitrogens is 1. The van der Waals surface area contributed by atoms with Crippen molar-refractivity contribution in [2.45, 2.75) is 19.5 Å². The topological polar surface area (TPSA) is 92.6 Å². The molecule has 0 aliphatic carbocycles. The van der Waals surface area contributed by atoms with E-state index in [1.165, 1.54) is 6.20 Å². The van der Waals surface area contributed by atoms with Gasteiger partial charge in [0.15, 0.2) is 5.69 Å². The van der Waals surface area contributed by atoms with Gasteiger partial charge in [0, 0.05) is 44.4 Å². The molecule has 1 N–H and O–H groups in total. The zero-order chi connectivity index (χ0) is 15.9. The standard InChI is InChI=1S/C15H17N7O/c23-15(14-10-18-20-19-14)22(11-13-2-4-16-5-3-13)8-1-7-21-9-6-17-12-21/h2-6,9-10,12H,1,7-8,11H2,(H,18,19,20). The van der Waals surface area contributed by atoms with E-state index in [1.54, 1.807) is 29.8 Å². The molecule has 0 spiro atoms. The second kappa shape index (κ2) is 7.30. The molecule has 0 aliphatic rings. The number of aromatic amines is 1. The van der Waals surface area contributed by atoms with Gasteiger partial charge in [-0.2, -0.15) is 15.4 Å². The number of imidazole rings is 1. The minimum atomic E-state index is -0.138. The Balaban J connectivity index is 1.66. The van der Waals surface area contributed by atoms with E-state index >= 15 is 0 Å². The van der Waals surface area contributed by atoms with E-state index < -0.39 is 0 Å². The van der Waals surface area contributed by atoms with Crippen LogP contribution in [0, 0.1) is 0 Å². The number of hydrogen-bond donors (Lipinski definition) is 1. The van der Waals surface area contributed by atoms with Crippen molar-refractivity contribution in [2.24, 2.45) is 0 Å². The minimum absolute atomic E-state index is 0.138. The van der Waals surface area contributed by atoms with Gasteiger partial charge < -0.3 is 9.47 Å². The number of carbonyl (C=O) groups is 1. The average molecular weight is 311 g/mol. The number of aryl methyl sites for hydroxylation is 1. The van der Waals surface area contributed by atoms with E-state index in [1.807, 2.05) is 22.9 Å². The van der Waals surface area contributed by atoms with Crippen LogP contribution in [0.15, 0.2) is 49.4 Å². The molecule has 0 atom stereocenters. The van der Waals surface area contributed by atoms with Crippen molar-refractivity contribution in [3.05, 3.63) is 60.7 Å². The zero-order valence-electron chi connectivity index (χ0n) is 12.5. The lowest BCUT2D eigenvalue weighted by Gasteiger charge is -2.22. The third kappa shape index (κ3) is 4.00. The number of amides is 1. The van der Waals surface area contributed by atoms with E-state index in [4.69, 9.17) is 0 Å². The predicted molar refractivity (Wildman–Crippen MR) is 82.2 cm³/mol. The van der Waals surface area contributed by atoms with Gasteiger partial charge in [-0.15, -0.1) is 0 Å². The van der Waals surface area contributed by atoms with E-state index in [2.05, 4.69) is 25.4 Å². The molecule has 0 bridgehead atoms. The Bertz CT molecular complexity index is 710. The molecule has 3 heterocycles. The van der Waals surface area contributed by atoms with Crippen molar-refractivity contribution in [2.75, 3.05) is 6.54 Å². The van der Waals surface area contributed by atoms with Crippen LogP contribution in [0.1, 0.15) is 22.5 Å². The highest BCUT2D eigenvalue weighted by Gasteiger charge is 2.18. The first kappa shape index (κ1) is 14.9. The number of nitrogens with one attached hydrogen (secondary N) is 1. The summed E-state index contributed by atoms with van der Waals surface area (Å²) in [4.78, 5) is 22.4. The smallest absolute Gasteiger partial charge is 0.276 e. The van der Waals surface area contributed by atoms with Crippen LogP contribution < -0.4 is 0 Å². The molecule has 0 unspecified atom stereocenters. The van der Waals surface area contributed by atoms with E-state index in [0.29, 0.717) is 18.8 Å². The molecule has 0 fully saturated rings. The number of aromatic nitrogens is 6. The van der Waals surface area contributed by atoms with Crippen LogP contribution in [-0.4, -0.2) is 47.3 Å². The van der Waals surface area contributed by atoms with Gasteiger partial charge in [0.2, 0.25) is 0 Å². The van der Waals surface area contributed by atoms with Gasteiger partial charge >= 0.3 is 0 Å². The minimum Gasteiger partial charge on any atom is -0.337 e. The fourth-order valence-electron chi connectivity index (χ4n) is 2.29. The molecule has 0 saturated carbocycles. The summed E-state index contributed by atoms with van der Waals surface area (Å²) in [5.41, 5.74) is 1.35. The molecule has 3 aromatic heterocycles. The normalized spacial score (nSPS) is 10.6. The van der Waals surface area contributed by atoms with Crippen LogP contribution >= 0.6 is 0 Å². The second-order valence-electron chi connectivity index (χ2n) is 5.09. The molecular formula is C15H17N7O. The quantitative estimate of drug-likeness (QED) is 0.706. The Hall–Kier alpha value is -3.03. The molecule has 8 nitrogen and oxygen atoms in total. The Morgan fingerprint density at radius 3 is 2.78 bits per heavy atom. The first-order valence-corrected chi connectivity index (χ1v) is 7.32. The number of hydrogen-bond acceptors (Lipinski definition) is 5. The number of nitrogens with zero attached hydrogens (tertiary/aromatic N) is 6. The van der Waals surface area contributed by atoms with Crippen molar-refractivity contribution in [1.29, 1.82) is 0 Å². The van der Waals surface area contributed by atoms with E-state index in [-0.39, 0.29) is 5.91 Å². The van der Waals surface area contributed by atoms with Crippen molar-refractivity contribution < 1.29 is 4.79 Å². The molecule has 3 rings (SSSR count). The Labute approximate surface area is 133 Å². The molecule has 1 amide bonds. The monoisotopic (exact) mass is 311 g/mol. The molecule has 0 aromatic carbocycles. The summed E-state index contributed by atoms with van der Waals surface area (Å²) in [6.07, 6.45) is 11.1. The van der Waals surface area contributed by atoms with Gasteiger partial charge in [-0.3, -0.25) is 9.78 Å². The fraction of sp³-hybridized carbons (Fsp3) is 0.267. The van der Waals surface area contributed by atoms with Gasteiger partial charge in [0.1, 0.15) is 0 Å². The van der Waals surface area contributed by atoms with Crippen molar-refractivity contribution in [3.63, 3.8) is 0 Å². The highest BCUT2D eigenvalue weighted by atomic mass is 16.2. The van der Waals surface area contributed by atoms with Crippen LogP contribution in [0.5, 0.6) is 0 Å². The average Bonchev–Trinajstić information content (AvgIpc) is 3.28. The van der Waals surface area contributed by atoms with Gasteiger partial charge in [0.25, 0.3) is 5.91 Å². The lowest BCUT2D eigenvalue weighted by molar-refractivity contribution is 0.0733. The number of rotatable bonds is 7. The molecule has 118 valence electrons. The molecular weight excluding hydrogens is 294 g/mol. The largest absolute Gasteiger partial charge is 0.337 e. The van der Waals surface area contributed by atoms with Crippen LogP contribution in [0.25, 0.3) is 0 Å². The second-order valence-corrected chi connectivity index (χ2v) is 5.09. The summed E-state index contributed by atoms with van der Waals surface area (Å²) in [5, 5.41) is 10.1. The van der Waals surface area contributed by atoms with Crippen LogP contribution in [0.4, 0.5) is 0 Å². The summed E-state index contributed by atoms with van der Waals surface area (Å²) in [5.74, 6) is -0.138. The summed E-state index contributed by atoms with van der Waals surface area (Å²) in [7, 11) is 0. The fourth-order valence-corrected chi connectivity index (χ4v) is 2.29. The SMILES string of the molecule is O=C(c1cn[nH]n1)N(CCCn1ccnc1)Cc1ccncc1. The first-order valence-electron chi connectivity index (χ1n) is 7.32. The number of carbonyl (C=O) groups excluding carboxylic acids is 1. The maximum Gasteiger partial charge on any atom is 0.276 e. The summed E-state index contributed by atoms with van der Waals surface area (Å²) >= 11 is 0. The summed E-state index contributed by atoms with van der Waals surface area (Å²) in [6.45, 7) is 1.93. The van der Waals surface area contributed by atoms with E-state index in [0.717, 1.165) is 18.5 Å². The summed E-state index contributed by atoms with van der Waals surface area (Å²) in [6, 6.07) is 3.80. The van der Waals surface area contributed by atoms with Crippen LogP contribution in [0.2, 0.25) is 0 Å². The third-order valence-corrected chi connectivity index (χ3v) is 3.45. The molecule has 8 heteroatoms. The third-order valence-electron chi connectivity index (χ3n) is 3.45. The van der Waals surface area contributed by atoms with Crippen LogP contribution in [0.3, 0.4) is 0 Å². The first-order chi connectivity index (χ1) is 11.3. The molecule has 0 aliphatic heterocycles. The van der Waals surface area contributed by atoms with E-state index in [9.17, 15) is 4.79 Å². The lowest BCUT2D eigenvalue weighted by Crippen LogP contribution is -2.32. The predicted octanol–water partition coefficient (Wildman–Crippen LogP) is 1.13. The van der Waals surface area contributed by atoms with Gasteiger partial charge in [0.05, 0.1) is 12.5 Å². The van der Waals surface area contributed by atoms with Crippen molar-refractivity contribution >= 4 is 5.91 Å². The highest BCUT2D eigenvalue weighted by molar-refractivity contribution is 5.91. The van der Waals surface area contributed by atoms with Crippen molar-refractivity contribution in [3.8, 4) is 0 Å². The Morgan fingerprint density at radius 2 is 2.09 bits per heavy atom. The molecule has 0 saturated heterocycles. The molecule has 23 heavy (non-hydrogen) atoms. The summed E-state index contributed by atoms with van der Waals surface area (Å²) < 4.78 is 1.99. The Kier molecular flexibility index (Phi) is 4.72. The molecule has 0 radical (unpaired) electrons. The van der Waals surface area contributed by atoms with Gasteiger partial charge in [-0.1, -0.05) is 0 Å². The van der Waals surface area contributed by atoms with Crippen molar-refractivity contribution in [1.82, 2.24) is 34.8 Å². The maximum atomic E-state index is 12.6. The maximum absolute atomic E-state index is 12.6. The highest BCUT2D eigenvalue weighted by Crippen LogP contribution is 2.09. The van der Waals surface area contributed by atoms with Gasteiger partial charge in [-0.05, 0) is 24.1 Å². The Morgan fingerprint density at radius 1 is 1.22 bits per heavy atom. The van der Waals surface area contributed by atoms with Crippen LogP contribution in [-0.2, 0) is 13.1 Å².